The zero-order valence-electron chi connectivity index (χ0n) is 13.1. The van der Waals surface area contributed by atoms with Crippen LogP contribution >= 0.6 is 0 Å². The second-order valence-corrected chi connectivity index (χ2v) is 5.63. The van der Waals surface area contributed by atoms with Gasteiger partial charge in [-0.1, -0.05) is 23.8 Å². The van der Waals surface area contributed by atoms with Gasteiger partial charge in [0.05, 0.1) is 11.9 Å². The third kappa shape index (κ3) is 3.07. The van der Waals surface area contributed by atoms with Crippen molar-refractivity contribution in [3.05, 3.63) is 36.0 Å². The van der Waals surface area contributed by atoms with Crippen LogP contribution in [0.15, 0.2) is 30.5 Å². The number of aromatic nitrogens is 4. The van der Waals surface area contributed by atoms with Crippen LogP contribution in [0.5, 0.6) is 0 Å². The van der Waals surface area contributed by atoms with Crippen molar-refractivity contribution in [2.75, 3.05) is 32.5 Å². The largest absolute Gasteiger partial charge is 0.367 e. The molecule has 0 fully saturated rings. The van der Waals surface area contributed by atoms with Gasteiger partial charge in [0, 0.05) is 18.7 Å². The van der Waals surface area contributed by atoms with Crippen molar-refractivity contribution in [3.8, 4) is 11.3 Å². The molecule has 3 aromatic rings. The number of hydrogen-bond acceptors (Lipinski definition) is 5. The molecule has 0 spiro atoms. The van der Waals surface area contributed by atoms with Crippen molar-refractivity contribution >= 4 is 17.0 Å². The van der Waals surface area contributed by atoms with E-state index in [-0.39, 0.29) is 0 Å². The zero-order valence-corrected chi connectivity index (χ0v) is 13.1. The summed E-state index contributed by atoms with van der Waals surface area (Å²) in [4.78, 5) is 11.1. The number of likely N-dealkylation sites (N-methyl/N-ethyl adjacent to an activating group) is 1. The van der Waals surface area contributed by atoms with Crippen molar-refractivity contribution < 1.29 is 0 Å². The third-order valence-corrected chi connectivity index (χ3v) is 3.44. The molecule has 0 aliphatic rings. The summed E-state index contributed by atoms with van der Waals surface area (Å²) >= 11 is 0. The van der Waals surface area contributed by atoms with Gasteiger partial charge in [-0.05, 0) is 27.1 Å². The van der Waals surface area contributed by atoms with Crippen molar-refractivity contribution in [3.63, 3.8) is 0 Å². The number of nitrogens with one attached hydrogen (secondary N) is 2. The molecule has 0 saturated carbocycles. The molecule has 0 saturated heterocycles. The number of aryl methyl sites for hydroxylation is 1. The summed E-state index contributed by atoms with van der Waals surface area (Å²) in [6.45, 7) is 3.84. The number of fused-ring (bicyclic) bond motifs is 1. The van der Waals surface area contributed by atoms with E-state index < -0.39 is 0 Å². The zero-order chi connectivity index (χ0) is 15.5. The van der Waals surface area contributed by atoms with Gasteiger partial charge in [-0.3, -0.25) is 5.10 Å². The second-order valence-electron chi connectivity index (χ2n) is 5.63. The van der Waals surface area contributed by atoms with Crippen LogP contribution in [0.4, 0.5) is 5.82 Å². The highest BCUT2D eigenvalue weighted by Gasteiger charge is 2.11. The molecule has 22 heavy (non-hydrogen) atoms. The number of nitrogens with zero attached hydrogens (tertiary/aromatic N) is 4. The van der Waals surface area contributed by atoms with Gasteiger partial charge in [-0.15, -0.1) is 0 Å². The van der Waals surface area contributed by atoms with Crippen molar-refractivity contribution in [1.29, 1.82) is 0 Å². The first-order valence-corrected chi connectivity index (χ1v) is 7.30. The molecule has 0 unspecified atom stereocenters. The maximum absolute atomic E-state index is 4.65. The van der Waals surface area contributed by atoms with Gasteiger partial charge in [-0.25, -0.2) is 9.97 Å². The predicted octanol–water partition coefficient (Wildman–Crippen LogP) is 2.30. The molecule has 6 nitrogen and oxygen atoms in total. The van der Waals surface area contributed by atoms with Gasteiger partial charge >= 0.3 is 0 Å². The van der Waals surface area contributed by atoms with Crippen molar-refractivity contribution in [2.45, 2.75) is 6.92 Å². The number of rotatable bonds is 5. The van der Waals surface area contributed by atoms with Gasteiger partial charge < -0.3 is 10.2 Å². The smallest absolute Gasteiger partial charge is 0.200 e. The van der Waals surface area contributed by atoms with Gasteiger partial charge in [0.15, 0.2) is 5.65 Å². The molecule has 6 heteroatoms. The van der Waals surface area contributed by atoms with Gasteiger partial charge in [0.2, 0.25) is 0 Å². The van der Waals surface area contributed by atoms with Crippen molar-refractivity contribution in [1.82, 2.24) is 25.1 Å². The minimum atomic E-state index is 0.634. The Balaban J connectivity index is 1.92. The predicted molar refractivity (Wildman–Crippen MR) is 88.9 cm³/mol. The Morgan fingerprint density at radius 2 is 2.14 bits per heavy atom. The molecule has 114 valence electrons. The molecule has 0 amide bonds. The van der Waals surface area contributed by atoms with E-state index >= 15 is 0 Å². The summed E-state index contributed by atoms with van der Waals surface area (Å²) < 4.78 is 0. The molecular weight excluding hydrogens is 276 g/mol. The molecule has 0 aliphatic carbocycles. The van der Waals surface area contributed by atoms with Crippen LogP contribution in [0.2, 0.25) is 0 Å². The van der Waals surface area contributed by atoms with E-state index in [1.165, 1.54) is 5.56 Å². The average Bonchev–Trinajstić information content (AvgIpc) is 2.90. The highest BCUT2D eigenvalue weighted by molar-refractivity contribution is 5.88. The number of benzene rings is 1. The Kier molecular flexibility index (Phi) is 4.02. The summed E-state index contributed by atoms with van der Waals surface area (Å²) in [7, 11) is 4.09. The van der Waals surface area contributed by atoms with E-state index in [9.17, 15) is 0 Å². The third-order valence-electron chi connectivity index (χ3n) is 3.44. The molecule has 0 atom stereocenters. The number of aromatic amines is 1. The maximum Gasteiger partial charge on any atom is 0.200 e. The van der Waals surface area contributed by atoms with E-state index in [2.05, 4.69) is 49.4 Å². The molecule has 0 radical (unpaired) electrons. The lowest BCUT2D eigenvalue weighted by atomic mass is 10.1. The number of anilines is 1. The highest BCUT2D eigenvalue weighted by atomic mass is 15.2. The van der Waals surface area contributed by atoms with E-state index in [1.807, 2.05) is 26.2 Å². The summed E-state index contributed by atoms with van der Waals surface area (Å²) in [5.74, 6) is 0.768. The Labute approximate surface area is 129 Å². The van der Waals surface area contributed by atoms with E-state index in [0.717, 1.165) is 35.7 Å². The molecular formula is C16H20N6. The van der Waals surface area contributed by atoms with Crippen molar-refractivity contribution in [2.24, 2.45) is 0 Å². The first-order valence-electron chi connectivity index (χ1n) is 7.30. The summed E-state index contributed by atoms with van der Waals surface area (Å²) in [5, 5.41) is 10.6. The monoisotopic (exact) mass is 296 g/mol. The summed E-state index contributed by atoms with van der Waals surface area (Å²) in [5.41, 5.74) is 4.60. The van der Waals surface area contributed by atoms with Gasteiger partial charge in [0.25, 0.3) is 0 Å². The van der Waals surface area contributed by atoms with Crippen LogP contribution in [-0.4, -0.2) is 52.3 Å². The van der Waals surface area contributed by atoms with Crippen LogP contribution in [-0.2, 0) is 0 Å². The molecule has 1 aromatic carbocycles. The molecule has 2 N–H and O–H groups in total. The minimum Gasteiger partial charge on any atom is -0.367 e. The summed E-state index contributed by atoms with van der Waals surface area (Å²) in [6.07, 6.45) is 1.72. The molecule has 2 heterocycles. The quantitative estimate of drug-likeness (QED) is 0.756. The van der Waals surface area contributed by atoms with E-state index in [1.54, 1.807) is 6.20 Å². The molecule has 0 aliphatic heterocycles. The van der Waals surface area contributed by atoms with Gasteiger partial charge in [-0.2, -0.15) is 5.10 Å². The van der Waals surface area contributed by atoms with E-state index in [4.69, 9.17) is 0 Å². The first kappa shape index (κ1) is 14.5. The average molecular weight is 296 g/mol. The van der Waals surface area contributed by atoms with Crippen LogP contribution in [0.3, 0.4) is 0 Å². The second kappa shape index (κ2) is 6.11. The SMILES string of the molecule is Cc1cccc(-c2[nH]nc3ncc(NCCN(C)C)nc23)c1. The number of H-pyrrole nitrogens is 1. The Hall–Kier alpha value is -2.47. The Bertz CT molecular complexity index is 777. The summed E-state index contributed by atoms with van der Waals surface area (Å²) in [6, 6.07) is 8.26. The lowest BCUT2D eigenvalue weighted by molar-refractivity contribution is 0.425. The van der Waals surface area contributed by atoms with E-state index in [0.29, 0.717) is 5.65 Å². The lowest BCUT2D eigenvalue weighted by Crippen LogP contribution is -2.21. The Morgan fingerprint density at radius 3 is 2.91 bits per heavy atom. The van der Waals surface area contributed by atoms with Crippen LogP contribution in [0.1, 0.15) is 5.56 Å². The minimum absolute atomic E-state index is 0.634. The molecule has 0 bridgehead atoms. The first-order chi connectivity index (χ1) is 10.6. The lowest BCUT2D eigenvalue weighted by Gasteiger charge is -2.10. The highest BCUT2D eigenvalue weighted by Crippen LogP contribution is 2.25. The fourth-order valence-electron chi connectivity index (χ4n) is 2.29. The van der Waals surface area contributed by atoms with Gasteiger partial charge in [0.1, 0.15) is 11.3 Å². The topological polar surface area (TPSA) is 69.7 Å². The fourth-order valence-corrected chi connectivity index (χ4v) is 2.29. The molecule has 2 aromatic heterocycles. The number of hydrogen-bond donors (Lipinski definition) is 2. The molecule has 3 rings (SSSR count). The standard InChI is InChI=1S/C16H20N6/c1-11-5-4-6-12(9-11)14-15-16(21-20-14)18-10-13(19-15)17-7-8-22(2)3/h4-6,9-10H,7-8H2,1-3H3,(H,17,19)(H,18,20,21). The fraction of sp³-hybridized carbons (Fsp3) is 0.312. The normalized spacial score (nSPS) is 11.3. The van der Waals surface area contributed by atoms with Crippen LogP contribution in [0, 0.1) is 6.92 Å². The van der Waals surface area contributed by atoms with Crippen LogP contribution in [0.25, 0.3) is 22.4 Å². The van der Waals surface area contributed by atoms with Crippen LogP contribution < -0.4 is 5.32 Å². The maximum atomic E-state index is 4.65. The Morgan fingerprint density at radius 1 is 1.27 bits per heavy atom.